The molecule has 1 aromatic heterocycles. The van der Waals surface area contributed by atoms with E-state index in [1.54, 1.807) is 50.4 Å². The molecular formula is C24H20N2O5. The van der Waals surface area contributed by atoms with E-state index in [1.165, 1.54) is 4.68 Å². The number of methoxy groups -OCH3 is 1. The normalized spacial score (nSPS) is 10.6. The summed E-state index contributed by atoms with van der Waals surface area (Å²) in [4.78, 5) is 11.8. The third kappa shape index (κ3) is 4.11. The number of nitrogens with zero attached hydrogens (tertiary/aromatic N) is 2. The molecule has 0 atom stereocenters. The second-order valence-corrected chi connectivity index (χ2v) is 6.69. The van der Waals surface area contributed by atoms with Crippen molar-refractivity contribution >= 4 is 5.97 Å². The van der Waals surface area contributed by atoms with E-state index in [-0.39, 0.29) is 5.97 Å². The lowest BCUT2D eigenvalue weighted by molar-refractivity contribution is -0.660. The van der Waals surface area contributed by atoms with Gasteiger partial charge in [0.1, 0.15) is 5.75 Å². The summed E-state index contributed by atoms with van der Waals surface area (Å²) in [5.74, 6) is -0.166. The summed E-state index contributed by atoms with van der Waals surface area (Å²) in [6.07, 6.45) is 0. The molecule has 156 valence electrons. The van der Waals surface area contributed by atoms with Gasteiger partial charge in [0.2, 0.25) is 5.69 Å². The summed E-state index contributed by atoms with van der Waals surface area (Å²) in [6, 6.07) is 21.8. The van der Waals surface area contributed by atoms with Crippen molar-refractivity contribution in [3.05, 3.63) is 78.4 Å². The van der Waals surface area contributed by atoms with E-state index < -0.39 is 5.95 Å². The monoisotopic (exact) mass is 416 g/mol. The average molecular weight is 416 g/mol. The second kappa shape index (κ2) is 8.71. The summed E-state index contributed by atoms with van der Waals surface area (Å²) in [5.41, 5.74) is 4.07. The quantitative estimate of drug-likeness (QED) is 0.353. The van der Waals surface area contributed by atoms with Gasteiger partial charge in [0.25, 0.3) is 5.69 Å². The molecule has 0 aliphatic heterocycles. The van der Waals surface area contributed by atoms with Crippen LogP contribution >= 0.6 is 0 Å². The molecule has 4 aromatic rings. The van der Waals surface area contributed by atoms with Crippen LogP contribution in [-0.4, -0.2) is 25.0 Å². The zero-order valence-electron chi connectivity index (χ0n) is 17.1. The molecule has 0 spiro atoms. The van der Waals surface area contributed by atoms with Gasteiger partial charge in [-0.15, -0.1) is 0 Å². The number of carbonyl (C=O) groups is 1. The topological polar surface area (TPSA) is 88.5 Å². The molecule has 31 heavy (non-hydrogen) atoms. The van der Waals surface area contributed by atoms with Crippen LogP contribution in [0.2, 0.25) is 0 Å². The van der Waals surface area contributed by atoms with Gasteiger partial charge in [0.05, 0.1) is 30.1 Å². The van der Waals surface area contributed by atoms with Gasteiger partial charge < -0.3 is 19.1 Å². The Morgan fingerprint density at radius 2 is 1.52 bits per heavy atom. The lowest BCUT2D eigenvalue weighted by atomic mass is 10.0. The predicted octanol–water partition coefficient (Wildman–Crippen LogP) is 3.54. The van der Waals surface area contributed by atoms with E-state index in [1.807, 2.05) is 36.4 Å². The zero-order valence-corrected chi connectivity index (χ0v) is 17.1. The molecule has 0 saturated heterocycles. The first-order chi connectivity index (χ1) is 15.1. The van der Waals surface area contributed by atoms with Gasteiger partial charge in [-0.05, 0) is 59.1 Å². The Bertz CT molecular complexity index is 1180. The summed E-state index contributed by atoms with van der Waals surface area (Å²) in [5, 5.41) is 16.2. The third-order valence-corrected chi connectivity index (χ3v) is 4.82. The Hall–Kier alpha value is -4.13. The van der Waals surface area contributed by atoms with Gasteiger partial charge in [-0.1, -0.05) is 24.3 Å². The van der Waals surface area contributed by atoms with Gasteiger partial charge in [-0.2, -0.15) is 0 Å². The number of esters is 1. The number of benzene rings is 3. The van der Waals surface area contributed by atoms with E-state index in [0.717, 1.165) is 11.1 Å². The Morgan fingerprint density at radius 1 is 0.935 bits per heavy atom. The Morgan fingerprint density at radius 3 is 2.10 bits per heavy atom. The minimum absolute atomic E-state index is 0.328. The molecule has 0 bridgehead atoms. The molecule has 0 N–H and O–H groups in total. The molecular weight excluding hydrogens is 396 g/mol. The van der Waals surface area contributed by atoms with Gasteiger partial charge in [-0.3, -0.25) is 0 Å². The van der Waals surface area contributed by atoms with Crippen LogP contribution in [0, 0.1) is 0 Å². The largest absolute Gasteiger partial charge is 0.539 e. The fourth-order valence-corrected chi connectivity index (χ4v) is 3.22. The number of hydrogen-bond acceptors (Lipinski definition) is 6. The van der Waals surface area contributed by atoms with E-state index in [9.17, 15) is 9.90 Å². The van der Waals surface area contributed by atoms with Crippen LogP contribution in [0.3, 0.4) is 0 Å². The predicted molar refractivity (Wildman–Crippen MR) is 111 cm³/mol. The number of rotatable bonds is 6. The van der Waals surface area contributed by atoms with Crippen molar-refractivity contribution in [2.45, 2.75) is 6.92 Å². The van der Waals surface area contributed by atoms with E-state index in [2.05, 4.69) is 5.27 Å². The highest BCUT2D eigenvalue weighted by Crippen LogP contribution is 2.28. The fraction of sp³-hybridized carbons (Fsp3) is 0.125. The van der Waals surface area contributed by atoms with E-state index >= 15 is 0 Å². The first-order valence-electron chi connectivity index (χ1n) is 9.72. The lowest BCUT2D eigenvalue weighted by Crippen LogP contribution is -2.34. The lowest BCUT2D eigenvalue weighted by Gasteiger charge is -2.06. The van der Waals surface area contributed by atoms with Crippen molar-refractivity contribution in [1.82, 2.24) is 5.27 Å². The number of hydrogen-bond donors (Lipinski definition) is 0. The molecule has 0 radical (unpaired) electrons. The smallest absolute Gasteiger partial charge is 0.338 e. The van der Waals surface area contributed by atoms with Crippen LogP contribution in [-0.2, 0) is 4.74 Å². The third-order valence-electron chi connectivity index (χ3n) is 4.82. The van der Waals surface area contributed by atoms with Crippen LogP contribution < -0.4 is 14.5 Å². The SMILES string of the molecule is CCOC(=O)c1ccc(-c2ccc(-c3c([O-])on[n+]3-c3ccc(OC)cc3)cc2)cc1. The summed E-state index contributed by atoms with van der Waals surface area (Å²) >= 11 is 0. The Kier molecular flexibility index (Phi) is 5.66. The molecule has 7 nitrogen and oxygen atoms in total. The maximum absolute atomic E-state index is 12.3. The Balaban J connectivity index is 1.62. The number of carbonyl (C=O) groups excluding carboxylic acids is 1. The molecule has 0 fully saturated rings. The van der Waals surface area contributed by atoms with Crippen LogP contribution in [0.5, 0.6) is 11.7 Å². The van der Waals surface area contributed by atoms with Gasteiger partial charge in [0.15, 0.2) is 5.95 Å². The van der Waals surface area contributed by atoms with Crippen LogP contribution in [0.25, 0.3) is 28.1 Å². The second-order valence-electron chi connectivity index (χ2n) is 6.69. The van der Waals surface area contributed by atoms with Crippen molar-refractivity contribution in [3.8, 4) is 39.8 Å². The van der Waals surface area contributed by atoms with Gasteiger partial charge in [0, 0.05) is 12.1 Å². The first kappa shape index (κ1) is 20.2. The van der Waals surface area contributed by atoms with Gasteiger partial charge >= 0.3 is 5.97 Å². The molecule has 0 saturated carbocycles. The summed E-state index contributed by atoms with van der Waals surface area (Å²) < 4.78 is 16.6. The molecule has 1 heterocycles. The van der Waals surface area contributed by atoms with Crippen molar-refractivity contribution in [2.24, 2.45) is 0 Å². The number of aromatic nitrogens is 2. The minimum atomic E-state index is -0.526. The van der Waals surface area contributed by atoms with Crippen molar-refractivity contribution in [1.29, 1.82) is 0 Å². The molecule has 7 heteroatoms. The molecule has 0 unspecified atom stereocenters. The molecule has 0 aliphatic rings. The highest BCUT2D eigenvalue weighted by molar-refractivity contribution is 5.90. The maximum Gasteiger partial charge on any atom is 0.338 e. The highest BCUT2D eigenvalue weighted by Gasteiger charge is 2.22. The van der Waals surface area contributed by atoms with Crippen molar-refractivity contribution < 1.29 is 28.6 Å². The minimum Gasteiger partial charge on any atom is -0.539 e. The molecule has 3 aromatic carbocycles. The highest BCUT2D eigenvalue weighted by atomic mass is 16.6. The molecule has 0 aliphatic carbocycles. The van der Waals surface area contributed by atoms with Crippen LogP contribution in [0.1, 0.15) is 17.3 Å². The van der Waals surface area contributed by atoms with Crippen LogP contribution in [0.15, 0.2) is 77.3 Å². The van der Waals surface area contributed by atoms with Crippen LogP contribution in [0.4, 0.5) is 0 Å². The number of ether oxygens (including phenoxy) is 2. The standard InChI is InChI=1S/C24H20N2O5/c1-3-30-23(27)19-10-6-17(7-11-19)16-4-8-18(9-5-16)22-24(28)31-25-26(22)20-12-14-21(29-2)15-13-20/h4-15H,3H2,1-2H3. The zero-order chi connectivity index (χ0) is 21.8. The molecule has 0 amide bonds. The maximum atomic E-state index is 12.3. The molecule has 4 rings (SSSR count). The van der Waals surface area contributed by atoms with Gasteiger partial charge in [-0.25, -0.2) is 4.79 Å². The van der Waals surface area contributed by atoms with E-state index in [0.29, 0.717) is 34.9 Å². The Labute approximate surface area is 179 Å². The van der Waals surface area contributed by atoms with Crippen molar-refractivity contribution in [3.63, 3.8) is 0 Å². The van der Waals surface area contributed by atoms with E-state index in [4.69, 9.17) is 14.0 Å². The fourth-order valence-electron chi connectivity index (χ4n) is 3.22. The summed E-state index contributed by atoms with van der Waals surface area (Å²) in [6.45, 7) is 2.11. The summed E-state index contributed by atoms with van der Waals surface area (Å²) in [7, 11) is 1.59. The first-order valence-corrected chi connectivity index (χ1v) is 9.72. The van der Waals surface area contributed by atoms with Crippen molar-refractivity contribution in [2.75, 3.05) is 13.7 Å². The average Bonchev–Trinajstić information content (AvgIpc) is 3.21.